The second-order valence-corrected chi connectivity index (χ2v) is 6.21. The summed E-state index contributed by atoms with van der Waals surface area (Å²) in [7, 11) is 1.67. The van der Waals surface area contributed by atoms with E-state index in [1.807, 2.05) is 0 Å². The van der Waals surface area contributed by atoms with Gasteiger partial charge < -0.3 is 10.6 Å². The van der Waals surface area contributed by atoms with Crippen LogP contribution in [-0.2, 0) is 0 Å². The summed E-state index contributed by atoms with van der Waals surface area (Å²) in [4.78, 5) is 11.2. The highest BCUT2D eigenvalue weighted by Gasteiger charge is 2.25. The first kappa shape index (κ1) is 13.3. The van der Waals surface area contributed by atoms with Crippen LogP contribution in [-0.4, -0.2) is 19.1 Å². The molecule has 0 unspecified atom stereocenters. The average Bonchev–Trinajstić information content (AvgIpc) is 2.18. The molecule has 2 amide bonds. The maximum atomic E-state index is 11.2. The molecule has 3 nitrogen and oxygen atoms in total. The lowest BCUT2D eigenvalue weighted by atomic mass is 9.76. The first-order valence-corrected chi connectivity index (χ1v) is 6.39. The summed E-state index contributed by atoms with van der Waals surface area (Å²) in [5.74, 6) is 0.850. The van der Waals surface area contributed by atoms with E-state index in [-0.39, 0.29) is 6.03 Å². The Morgan fingerprint density at radius 3 is 2.19 bits per heavy atom. The molecule has 1 rings (SSSR count). The molecule has 3 heteroatoms. The Hall–Kier alpha value is -0.730. The van der Waals surface area contributed by atoms with Crippen LogP contribution in [0.4, 0.5) is 4.79 Å². The monoisotopic (exact) mass is 226 g/mol. The summed E-state index contributed by atoms with van der Waals surface area (Å²) in [6.45, 7) is 6.92. The number of urea groups is 1. The highest BCUT2D eigenvalue weighted by Crippen LogP contribution is 2.34. The van der Waals surface area contributed by atoms with Gasteiger partial charge in [-0.3, -0.25) is 0 Å². The van der Waals surface area contributed by atoms with Crippen molar-refractivity contribution in [3.8, 4) is 0 Å². The van der Waals surface area contributed by atoms with Crippen LogP contribution in [0.2, 0.25) is 0 Å². The van der Waals surface area contributed by atoms with E-state index in [0.717, 1.165) is 18.8 Å². The lowest BCUT2D eigenvalue weighted by Gasteiger charge is -2.32. The van der Waals surface area contributed by atoms with Crippen LogP contribution in [0, 0.1) is 11.3 Å². The van der Waals surface area contributed by atoms with Crippen LogP contribution in [0.25, 0.3) is 0 Å². The zero-order valence-corrected chi connectivity index (χ0v) is 11.1. The standard InChI is InChI=1S/C13H26N2O/c1-13(2,3)9-10-5-7-11(8-6-10)15-12(16)14-4/h10-11H,5-9H2,1-4H3,(H2,14,15,16). The van der Waals surface area contributed by atoms with Crippen LogP contribution in [0.3, 0.4) is 0 Å². The third-order valence-electron chi connectivity index (χ3n) is 3.31. The number of carbonyl (C=O) groups is 1. The predicted octanol–water partition coefficient (Wildman–Crippen LogP) is 2.91. The van der Waals surface area contributed by atoms with E-state index in [2.05, 4.69) is 31.4 Å². The third kappa shape index (κ3) is 4.86. The van der Waals surface area contributed by atoms with Crippen LogP contribution < -0.4 is 10.6 Å². The Labute approximate surface area is 99.4 Å². The Balaban J connectivity index is 2.26. The molecule has 1 aliphatic carbocycles. The van der Waals surface area contributed by atoms with E-state index >= 15 is 0 Å². The van der Waals surface area contributed by atoms with Crippen LogP contribution in [0.5, 0.6) is 0 Å². The van der Waals surface area contributed by atoms with Gasteiger partial charge in [-0.05, 0) is 43.4 Å². The Morgan fingerprint density at radius 1 is 1.19 bits per heavy atom. The fourth-order valence-corrected chi connectivity index (χ4v) is 2.63. The Morgan fingerprint density at radius 2 is 1.75 bits per heavy atom. The van der Waals surface area contributed by atoms with E-state index in [1.165, 1.54) is 19.3 Å². The first-order valence-electron chi connectivity index (χ1n) is 6.39. The van der Waals surface area contributed by atoms with Gasteiger partial charge in [0.2, 0.25) is 0 Å². The van der Waals surface area contributed by atoms with Gasteiger partial charge in [0.25, 0.3) is 0 Å². The van der Waals surface area contributed by atoms with E-state index in [1.54, 1.807) is 7.05 Å². The van der Waals surface area contributed by atoms with Gasteiger partial charge >= 0.3 is 6.03 Å². The number of hydrogen-bond acceptors (Lipinski definition) is 1. The van der Waals surface area contributed by atoms with Crippen molar-refractivity contribution in [2.24, 2.45) is 11.3 Å². The Bertz CT molecular complexity index is 225. The molecular formula is C13H26N2O. The Kier molecular flexibility index (Phi) is 4.63. The average molecular weight is 226 g/mol. The SMILES string of the molecule is CNC(=O)NC1CCC(CC(C)(C)C)CC1. The van der Waals surface area contributed by atoms with Crippen molar-refractivity contribution < 1.29 is 4.79 Å². The van der Waals surface area contributed by atoms with Gasteiger partial charge in [-0.1, -0.05) is 20.8 Å². The molecule has 1 aliphatic rings. The molecule has 0 aliphatic heterocycles. The number of hydrogen-bond donors (Lipinski definition) is 2. The minimum absolute atomic E-state index is 0.0423. The fraction of sp³-hybridized carbons (Fsp3) is 0.923. The minimum Gasteiger partial charge on any atom is -0.341 e. The molecule has 2 N–H and O–H groups in total. The molecule has 1 fully saturated rings. The van der Waals surface area contributed by atoms with Crippen molar-refractivity contribution in [1.29, 1.82) is 0 Å². The second-order valence-electron chi connectivity index (χ2n) is 6.21. The van der Waals surface area contributed by atoms with E-state index in [0.29, 0.717) is 11.5 Å². The van der Waals surface area contributed by atoms with Crippen molar-refractivity contribution in [3.05, 3.63) is 0 Å². The highest BCUT2D eigenvalue weighted by molar-refractivity contribution is 5.73. The molecule has 16 heavy (non-hydrogen) atoms. The molecule has 0 aromatic carbocycles. The lowest BCUT2D eigenvalue weighted by Crippen LogP contribution is -2.42. The van der Waals surface area contributed by atoms with Crippen molar-refractivity contribution in [3.63, 3.8) is 0 Å². The molecule has 0 radical (unpaired) electrons. The van der Waals surface area contributed by atoms with Crippen molar-refractivity contribution in [2.75, 3.05) is 7.05 Å². The molecule has 0 aromatic heterocycles. The quantitative estimate of drug-likeness (QED) is 0.747. The zero-order chi connectivity index (χ0) is 12.2. The summed E-state index contributed by atoms with van der Waals surface area (Å²) < 4.78 is 0. The van der Waals surface area contributed by atoms with Crippen LogP contribution >= 0.6 is 0 Å². The normalized spacial score (nSPS) is 26.2. The smallest absolute Gasteiger partial charge is 0.314 e. The van der Waals surface area contributed by atoms with E-state index in [9.17, 15) is 4.79 Å². The van der Waals surface area contributed by atoms with Crippen molar-refractivity contribution in [1.82, 2.24) is 10.6 Å². The molecule has 1 saturated carbocycles. The summed E-state index contributed by atoms with van der Waals surface area (Å²) in [5, 5.41) is 5.61. The molecule has 0 heterocycles. The molecule has 94 valence electrons. The van der Waals surface area contributed by atoms with Gasteiger partial charge in [-0.15, -0.1) is 0 Å². The van der Waals surface area contributed by atoms with Gasteiger partial charge in [0.05, 0.1) is 0 Å². The summed E-state index contributed by atoms with van der Waals surface area (Å²) in [5.41, 5.74) is 0.436. The van der Waals surface area contributed by atoms with Gasteiger partial charge in [0.1, 0.15) is 0 Å². The first-order chi connectivity index (χ1) is 7.40. The van der Waals surface area contributed by atoms with Crippen molar-refractivity contribution >= 4 is 6.03 Å². The molecule has 0 aromatic rings. The largest absolute Gasteiger partial charge is 0.341 e. The van der Waals surface area contributed by atoms with Gasteiger partial charge in [-0.25, -0.2) is 4.79 Å². The number of amides is 2. The fourth-order valence-electron chi connectivity index (χ4n) is 2.63. The summed E-state index contributed by atoms with van der Waals surface area (Å²) >= 11 is 0. The van der Waals surface area contributed by atoms with Crippen LogP contribution in [0.1, 0.15) is 52.9 Å². The van der Waals surface area contributed by atoms with Gasteiger partial charge in [-0.2, -0.15) is 0 Å². The summed E-state index contributed by atoms with van der Waals surface area (Å²) in [6, 6.07) is 0.343. The van der Waals surface area contributed by atoms with Gasteiger partial charge in [0, 0.05) is 13.1 Å². The molecule has 0 spiro atoms. The maximum absolute atomic E-state index is 11.2. The maximum Gasteiger partial charge on any atom is 0.314 e. The van der Waals surface area contributed by atoms with Gasteiger partial charge in [0.15, 0.2) is 0 Å². The number of rotatable bonds is 2. The number of carbonyl (C=O) groups excluding carboxylic acids is 1. The van der Waals surface area contributed by atoms with E-state index < -0.39 is 0 Å². The topological polar surface area (TPSA) is 41.1 Å². The van der Waals surface area contributed by atoms with Crippen LogP contribution in [0.15, 0.2) is 0 Å². The lowest BCUT2D eigenvalue weighted by molar-refractivity contribution is 0.206. The minimum atomic E-state index is -0.0423. The highest BCUT2D eigenvalue weighted by atomic mass is 16.2. The number of nitrogens with one attached hydrogen (secondary N) is 2. The van der Waals surface area contributed by atoms with E-state index in [4.69, 9.17) is 0 Å². The van der Waals surface area contributed by atoms with Crippen molar-refractivity contribution in [2.45, 2.75) is 58.9 Å². The third-order valence-corrected chi connectivity index (χ3v) is 3.31. The molecule has 0 saturated heterocycles. The predicted molar refractivity (Wildman–Crippen MR) is 67.4 cm³/mol. The molecule has 0 atom stereocenters. The second kappa shape index (κ2) is 5.55. The zero-order valence-electron chi connectivity index (χ0n) is 11.1. The molecular weight excluding hydrogens is 200 g/mol. The summed E-state index contributed by atoms with van der Waals surface area (Å²) in [6.07, 6.45) is 6.08. The molecule has 0 bridgehead atoms.